The molecule has 2 heterocycles. The van der Waals surface area contributed by atoms with Gasteiger partial charge >= 0.3 is 0 Å². The summed E-state index contributed by atoms with van der Waals surface area (Å²) in [5, 5.41) is 13.7. The van der Waals surface area contributed by atoms with Crippen molar-refractivity contribution in [1.29, 1.82) is 0 Å². The molecular weight excluding hydrogens is 733 g/mol. The average molecular weight is 769 g/mol. The van der Waals surface area contributed by atoms with Gasteiger partial charge in [-0.2, -0.15) is 0 Å². The zero-order chi connectivity index (χ0) is 39.2. The molecule has 0 saturated carbocycles. The monoisotopic (exact) mass is 768 g/mol. The second-order valence-electron chi connectivity index (χ2n) is 15.7. The van der Waals surface area contributed by atoms with Crippen molar-refractivity contribution in [2.24, 2.45) is 0 Å². The Balaban J connectivity index is 0.960. The lowest BCUT2D eigenvalue weighted by atomic mass is 9.84. The van der Waals surface area contributed by atoms with Crippen molar-refractivity contribution >= 4 is 91.6 Å². The molecule has 0 atom stereocenters. The van der Waals surface area contributed by atoms with E-state index >= 15 is 0 Å². The van der Waals surface area contributed by atoms with Crippen LogP contribution in [-0.4, -0.2) is 0 Å². The van der Waals surface area contributed by atoms with E-state index in [1.807, 2.05) is 17.4 Å². The Kier molecular flexibility index (Phi) is 7.54. The molecule has 0 amide bonds. The van der Waals surface area contributed by atoms with Crippen LogP contribution < -0.4 is 0 Å². The van der Waals surface area contributed by atoms with Crippen LogP contribution in [0.4, 0.5) is 0 Å². The van der Waals surface area contributed by atoms with Crippen LogP contribution in [0.15, 0.2) is 193 Å². The molecule has 0 N–H and O–H groups in total. The summed E-state index contributed by atoms with van der Waals surface area (Å²) >= 11 is 1.83. The van der Waals surface area contributed by atoms with Crippen LogP contribution in [0.25, 0.3) is 125 Å². The van der Waals surface area contributed by atoms with Gasteiger partial charge in [0.05, 0.1) is 0 Å². The summed E-state index contributed by atoms with van der Waals surface area (Å²) in [5.41, 5.74) is 11.6. The van der Waals surface area contributed by atoms with Crippen LogP contribution in [0, 0.1) is 6.92 Å². The number of hydrogen-bond acceptors (Lipinski definition) is 2. The van der Waals surface area contributed by atoms with Crippen molar-refractivity contribution in [1.82, 2.24) is 0 Å². The number of furan rings is 1. The lowest BCUT2D eigenvalue weighted by Gasteiger charge is -2.19. The first-order chi connectivity index (χ1) is 29.1. The predicted octanol–water partition coefficient (Wildman–Crippen LogP) is 17.0. The lowest BCUT2D eigenvalue weighted by Crippen LogP contribution is -1.91. The van der Waals surface area contributed by atoms with E-state index in [2.05, 4.69) is 195 Å². The number of hydrogen-bond donors (Lipinski definition) is 0. The quantitative estimate of drug-likeness (QED) is 0.159. The highest BCUT2D eigenvalue weighted by atomic mass is 32.1. The van der Waals surface area contributed by atoms with E-state index in [4.69, 9.17) is 4.42 Å². The first-order valence-electron chi connectivity index (χ1n) is 20.2. The molecule has 0 saturated heterocycles. The zero-order valence-electron chi connectivity index (χ0n) is 32.4. The molecule has 0 spiro atoms. The fourth-order valence-corrected chi connectivity index (χ4v) is 10.7. The van der Waals surface area contributed by atoms with E-state index in [1.165, 1.54) is 96.6 Å². The molecule has 12 aromatic rings. The van der Waals surface area contributed by atoms with Gasteiger partial charge in [-0.25, -0.2) is 0 Å². The molecule has 12 rings (SSSR count). The molecule has 59 heavy (non-hydrogen) atoms. The Bertz CT molecular complexity index is 3650. The molecule has 276 valence electrons. The third kappa shape index (κ3) is 5.24. The Morgan fingerprint density at radius 1 is 0.424 bits per heavy atom. The number of aryl methyl sites for hydroxylation is 1. The summed E-state index contributed by atoms with van der Waals surface area (Å²) in [5.74, 6) is 0.875. The average Bonchev–Trinajstić information content (AvgIpc) is 3.84. The molecular formula is C57H36OS. The summed E-state index contributed by atoms with van der Waals surface area (Å²) in [6, 6.07) is 66.8. The molecule has 0 aliphatic heterocycles. The molecule has 10 aromatic carbocycles. The second-order valence-corrected chi connectivity index (χ2v) is 16.7. The smallest absolute Gasteiger partial charge is 0.142 e. The van der Waals surface area contributed by atoms with Crippen molar-refractivity contribution in [2.75, 3.05) is 0 Å². The SMILES string of the molecule is C=Cc1c(-c2cc3sc4ccccc4c3cc2C)oc2ccc(-c3ccc4cc(-c5c6ccccc6c(-c6cccc7ccccc67)c6ccccc56)ccc4c3)cc12. The molecule has 0 radical (unpaired) electrons. The van der Waals surface area contributed by atoms with Crippen molar-refractivity contribution in [2.45, 2.75) is 6.92 Å². The highest BCUT2D eigenvalue weighted by Gasteiger charge is 2.20. The van der Waals surface area contributed by atoms with Gasteiger partial charge in [0, 0.05) is 36.7 Å². The molecule has 0 bridgehead atoms. The normalized spacial score (nSPS) is 11.9. The van der Waals surface area contributed by atoms with Crippen molar-refractivity contribution in [3.05, 3.63) is 200 Å². The minimum Gasteiger partial charge on any atom is -0.455 e. The van der Waals surface area contributed by atoms with Crippen molar-refractivity contribution < 1.29 is 4.42 Å². The molecule has 0 fully saturated rings. The van der Waals surface area contributed by atoms with Crippen LogP contribution in [0.5, 0.6) is 0 Å². The number of fused-ring (bicyclic) bond motifs is 8. The summed E-state index contributed by atoms with van der Waals surface area (Å²) in [4.78, 5) is 0. The predicted molar refractivity (Wildman–Crippen MR) is 256 cm³/mol. The molecule has 0 unspecified atom stereocenters. The van der Waals surface area contributed by atoms with Gasteiger partial charge in [-0.05, 0) is 131 Å². The Labute approximate surface area is 345 Å². The van der Waals surface area contributed by atoms with E-state index in [9.17, 15) is 0 Å². The highest BCUT2D eigenvalue weighted by molar-refractivity contribution is 7.25. The second kappa shape index (κ2) is 13.1. The first-order valence-corrected chi connectivity index (χ1v) is 21.0. The van der Waals surface area contributed by atoms with Gasteiger partial charge in [-0.1, -0.05) is 152 Å². The Morgan fingerprint density at radius 2 is 1.02 bits per heavy atom. The first kappa shape index (κ1) is 33.8. The van der Waals surface area contributed by atoms with Crippen molar-refractivity contribution in [3.63, 3.8) is 0 Å². The number of thiophene rings is 1. The lowest BCUT2D eigenvalue weighted by molar-refractivity contribution is 0.630. The summed E-state index contributed by atoms with van der Waals surface area (Å²) in [6.07, 6.45) is 1.95. The van der Waals surface area contributed by atoms with Gasteiger partial charge in [0.15, 0.2) is 0 Å². The fraction of sp³-hybridized carbons (Fsp3) is 0.0175. The van der Waals surface area contributed by atoms with Gasteiger partial charge in [-0.15, -0.1) is 11.3 Å². The summed E-state index contributed by atoms with van der Waals surface area (Å²) in [7, 11) is 0. The topological polar surface area (TPSA) is 13.1 Å². The Hall–Kier alpha value is -7.26. The van der Waals surface area contributed by atoms with Gasteiger partial charge in [0.2, 0.25) is 0 Å². The van der Waals surface area contributed by atoms with Crippen LogP contribution in [0.2, 0.25) is 0 Å². The summed E-state index contributed by atoms with van der Waals surface area (Å²) < 4.78 is 9.21. The molecule has 1 nitrogen and oxygen atoms in total. The minimum absolute atomic E-state index is 0.867. The third-order valence-corrected chi connectivity index (χ3v) is 13.5. The molecule has 2 heteroatoms. The Morgan fingerprint density at radius 3 is 1.76 bits per heavy atom. The van der Waals surface area contributed by atoms with Gasteiger partial charge in [0.25, 0.3) is 0 Å². The van der Waals surface area contributed by atoms with E-state index in [1.54, 1.807) is 0 Å². The standard InChI is InChI=1S/C57H36OS/c1-3-41-50-32-39(27-28-52(50)58-57(41)49-33-54-51(29-34(49)2)43-16-10-11-22-53(43)59-54)37-23-24-38-31-40(26-25-36(38)30-37)55-45-17-6-8-19-47(45)56(48-20-9-7-18-46(48)55)44-21-12-14-35-13-4-5-15-42(35)44/h3-33H,1H2,2H3. The number of benzene rings is 10. The molecule has 0 aliphatic rings. The highest BCUT2D eigenvalue weighted by Crippen LogP contribution is 2.46. The minimum atomic E-state index is 0.867. The van der Waals surface area contributed by atoms with Crippen molar-refractivity contribution in [3.8, 4) is 44.7 Å². The van der Waals surface area contributed by atoms with Crippen LogP contribution in [-0.2, 0) is 0 Å². The maximum absolute atomic E-state index is 6.64. The van der Waals surface area contributed by atoms with Crippen LogP contribution in [0.3, 0.4) is 0 Å². The van der Waals surface area contributed by atoms with Crippen LogP contribution >= 0.6 is 11.3 Å². The van der Waals surface area contributed by atoms with E-state index in [0.717, 1.165) is 33.4 Å². The van der Waals surface area contributed by atoms with Gasteiger partial charge in [-0.3, -0.25) is 0 Å². The van der Waals surface area contributed by atoms with E-state index in [-0.39, 0.29) is 0 Å². The van der Waals surface area contributed by atoms with E-state index < -0.39 is 0 Å². The van der Waals surface area contributed by atoms with E-state index in [0.29, 0.717) is 0 Å². The zero-order valence-corrected chi connectivity index (χ0v) is 33.2. The fourth-order valence-electron chi connectivity index (χ4n) is 9.58. The number of rotatable bonds is 5. The molecule has 0 aliphatic carbocycles. The summed E-state index contributed by atoms with van der Waals surface area (Å²) in [6.45, 7) is 6.44. The van der Waals surface area contributed by atoms with Gasteiger partial charge < -0.3 is 4.42 Å². The van der Waals surface area contributed by atoms with Crippen LogP contribution in [0.1, 0.15) is 11.1 Å². The molecule has 2 aromatic heterocycles. The maximum atomic E-state index is 6.64. The largest absolute Gasteiger partial charge is 0.455 e. The third-order valence-electron chi connectivity index (χ3n) is 12.4. The van der Waals surface area contributed by atoms with Gasteiger partial charge in [0.1, 0.15) is 11.3 Å². The maximum Gasteiger partial charge on any atom is 0.142 e.